The minimum Gasteiger partial charge on any atom is -0.462 e. The Kier molecular flexibility index (Phi) is 2.47. The van der Waals surface area contributed by atoms with Crippen LogP contribution in [0.3, 0.4) is 0 Å². The van der Waals surface area contributed by atoms with E-state index in [0.717, 1.165) is 24.4 Å². The van der Waals surface area contributed by atoms with Crippen molar-refractivity contribution in [3.8, 4) is 5.75 Å². The summed E-state index contributed by atoms with van der Waals surface area (Å²) >= 11 is 11.6. The minimum atomic E-state index is 0.527. The maximum atomic E-state index is 5.83. The predicted octanol–water partition coefficient (Wildman–Crippen LogP) is 4.05. The van der Waals surface area contributed by atoms with Crippen LogP contribution >= 0.6 is 23.2 Å². The zero-order valence-electron chi connectivity index (χ0n) is 6.89. The minimum absolute atomic E-state index is 0.527. The van der Waals surface area contributed by atoms with Gasteiger partial charge in [-0.05, 0) is 24.6 Å². The van der Waals surface area contributed by atoms with Crippen molar-refractivity contribution >= 4 is 23.2 Å². The van der Waals surface area contributed by atoms with Crippen LogP contribution in [0.15, 0.2) is 30.0 Å². The van der Waals surface area contributed by atoms with Gasteiger partial charge in [-0.3, -0.25) is 0 Å². The van der Waals surface area contributed by atoms with Gasteiger partial charge in [0.15, 0.2) is 0 Å². The molecule has 1 nitrogen and oxygen atoms in total. The summed E-state index contributed by atoms with van der Waals surface area (Å²) in [5.74, 6) is 1.76. The molecule has 3 heteroatoms. The van der Waals surface area contributed by atoms with E-state index in [2.05, 4.69) is 6.08 Å². The fourth-order valence-corrected chi connectivity index (χ4v) is 1.33. The highest BCUT2D eigenvalue weighted by molar-refractivity contribution is 6.42. The molecule has 0 aliphatic heterocycles. The van der Waals surface area contributed by atoms with Crippen molar-refractivity contribution in [3.63, 3.8) is 0 Å². The van der Waals surface area contributed by atoms with Gasteiger partial charge in [-0.1, -0.05) is 23.2 Å². The van der Waals surface area contributed by atoms with Gasteiger partial charge >= 0.3 is 0 Å². The lowest BCUT2D eigenvalue weighted by Gasteiger charge is -2.15. The van der Waals surface area contributed by atoms with Gasteiger partial charge in [0.2, 0.25) is 0 Å². The Morgan fingerprint density at radius 1 is 1.15 bits per heavy atom. The van der Waals surface area contributed by atoms with Gasteiger partial charge < -0.3 is 4.74 Å². The summed E-state index contributed by atoms with van der Waals surface area (Å²) in [4.78, 5) is 0. The fraction of sp³-hybridized carbons (Fsp3) is 0.200. The topological polar surface area (TPSA) is 9.23 Å². The van der Waals surface area contributed by atoms with Crippen LogP contribution in [0.4, 0.5) is 0 Å². The van der Waals surface area contributed by atoms with E-state index in [9.17, 15) is 0 Å². The smallest absolute Gasteiger partial charge is 0.128 e. The molecule has 0 radical (unpaired) electrons. The highest BCUT2D eigenvalue weighted by atomic mass is 35.5. The van der Waals surface area contributed by atoms with Crippen molar-refractivity contribution in [1.82, 2.24) is 0 Å². The number of hydrogen-bond acceptors (Lipinski definition) is 1. The Hall–Kier alpha value is -0.660. The van der Waals surface area contributed by atoms with Crippen molar-refractivity contribution in [2.45, 2.75) is 12.8 Å². The Bertz CT molecular complexity index is 358. The van der Waals surface area contributed by atoms with Crippen LogP contribution in [0.25, 0.3) is 0 Å². The van der Waals surface area contributed by atoms with E-state index in [1.807, 2.05) is 6.07 Å². The summed E-state index contributed by atoms with van der Waals surface area (Å²) in [5, 5.41) is 1.08. The van der Waals surface area contributed by atoms with Gasteiger partial charge in [-0.15, -0.1) is 0 Å². The third kappa shape index (κ3) is 1.98. The van der Waals surface area contributed by atoms with Crippen molar-refractivity contribution in [1.29, 1.82) is 0 Å². The summed E-state index contributed by atoms with van der Waals surface area (Å²) in [5.41, 5.74) is 0. The number of rotatable bonds is 2. The van der Waals surface area contributed by atoms with Crippen LogP contribution < -0.4 is 4.74 Å². The summed E-state index contributed by atoms with van der Waals surface area (Å²) in [6.45, 7) is 0. The van der Waals surface area contributed by atoms with Gasteiger partial charge in [-0.2, -0.15) is 0 Å². The molecule has 0 saturated heterocycles. The van der Waals surface area contributed by atoms with Crippen LogP contribution in [0.1, 0.15) is 12.8 Å². The summed E-state index contributed by atoms with van der Waals surface area (Å²) < 4.78 is 5.50. The average molecular weight is 215 g/mol. The first-order valence-corrected chi connectivity index (χ1v) is 4.83. The van der Waals surface area contributed by atoms with Gasteiger partial charge in [0, 0.05) is 12.5 Å². The molecule has 0 fully saturated rings. The maximum absolute atomic E-state index is 5.83. The Morgan fingerprint density at radius 2 is 1.92 bits per heavy atom. The van der Waals surface area contributed by atoms with Gasteiger partial charge in [0.1, 0.15) is 11.5 Å². The maximum Gasteiger partial charge on any atom is 0.128 e. The van der Waals surface area contributed by atoms with Crippen LogP contribution in [-0.4, -0.2) is 0 Å². The molecule has 0 aromatic heterocycles. The van der Waals surface area contributed by atoms with Crippen molar-refractivity contribution in [2.24, 2.45) is 0 Å². The second-order valence-electron chi connectivity index (χ2n) is 2.89. The number of halogens is 2. The monoisotopic (exact) mass is 214 g/mol. The third-order valence-electron chi connectivity index (χ3n) is 1.90. The number of ether oxygens (including phenoxy) is 1. The molecule has 0 bridgehead atoms. The molecule has 0 atom stereocenters. The largest absolute Gasteiger partial charge is 0.462 e. The lowest BCUT2D eigenvalue weighted by atomic mass is 10.1. The molecule has 0 spiro atoms. The van der Waals surface area contributed by atoms with E-state index in [1.165, 1.54) is 0 Å². The molecule has 0 N–H and O–H groups in total. The molecule has 13 heavy (non-hydrogen) atoms. The third-order valence-corrected chi connectivity index (χ3v) is 2.64. The molecule has 0 amide bonds. The molecular formula is C10H8Cl2O. The standard InChI is InChI=1S/C10H8Cl2O/c11-9-5-4-8(6-10(9)12)13-7-2-1-3-7/h2,4-6H,1,3H2. The quantitative estimate of drug-likeness (QED) is 0.722. The molecule has 0 unspecified atom stereocenters. The average Bonchev–Trinajstić information content (AvgIpc) is 2.04. The number of allylic oxidation sites excluding steroid dienone is 2. The summed E-state index contributed by atoms with van der Waals surface area (Å²) in [6.07, 6.45) is 4.18. The first-order valence-electron chi connectivity index (χ1n) is 4.07. The van der Waals surface area contributed by atoms with Crippen LogP contribution in [0, 0.1) is 0 Å². The van der Waals surface area contributed by atoms with Gasteiger partial charge in [0.25, 0.3) is 0 Å². The summed E-state index contributed by atoms with van der Waals surface area (Å²) in [7, 11) is 0. The highest BCUT2D eigenvalue weighted by Gasteiger charge is 2.08. The Morgan fingerprint density at radius 3 is 2.46 bits per heavy atom. The molecular weight excluding hydrogens is 207 g/mol. The molecule has 1 aliphatic rings. The molecule has 0 heterocycles. The molecule has 1 aliphatic carbocycles. The second kappa shape index (κ2) is 3.60. The van der Waals surface area contributed by atoms with Crippen molar-refractivity contribution in [2.75, 3.05) is 0 Å². The second-order valence-corrected chi connectivity index (χ2v) is 3.70. The Labute approximate surface area is 86.9 Å². The summed E-state index contributed by atoms with van der Waals surface area (Å²) in [6, 6.07) is 5.27. The van der Waals surface area contributed by atoms with E-state index < -0.39 is 0 Å². The predicted molar refractivity (Wildman–Crippen MR) is 54.4 cm³/mol. The highest BCUT2D eigenvalue weighted by Crippen LogP contribution is 2.29. The van der Waals surface area contributed by atoms with E-state index >= 15 is 0 Å². The van der Waals surface area contributed by atoms with Crippen LogP contribution in [-0.2, 0) is 0 Å². The number of benzene rings is 1. The Balaban J connectivity index is 2.16. The molecule has 68 valence electrons. The van der Waals surface area contributed by atoms with E-state index in [0.29, 0.717) is 10.0 Å². The molecule has 1 aromatic carbocycles. The first-order chi connectivity index (χ1) is 6.25. The van der Waals surface area contributed by atoms with E-state index in [-0.39, 0.29) is 0 Å². The van der Waals surface area contributed by atoms with E-state index in [4.69, 9.17) is 27.9 Å². The zero-order valence-corrected chi connectivity index (χ0v) is 8.40. The fourth-order valence-electron chi connectivity index (χ4n) is 1.05. The lowest BCUT2D eigenvalue weighted by Crippen LogP contribution is -2.01. The molecule has 2 rings (SSSR count). The van der Waals surface area contributed by atoms with E-state index in [1.54, 1.807) is 12.1 Å². The molecule has 0 saturated carbocycles. The normalized spacial score (nSPS) is 14.8. The van der Waals surface area contributed by atoms with Crippen LogP contribution in [0.2, 0.25) is 10.0 Å². The van der Waals surface area contributed by atoms with Gasteiger partial charge in [0.05, 0.1) is 10.0 Å². The van der Waals surface area contributed by atoms with Crippen LogP contribution in [0.5, 0.6) is 5.75 Å². The lowest BCUT2D eigenvalue weighted by molar-refractivity contribution is 0.380. The van der Waals surface area contributed by atoms with Gasteiger partial charge in [-0.25, -0.2) is 0 Å². The zero-order chi connectivity index (χ0) is 9.26. The van der Waals surface area contributed by atoms with Crippen molar-refractivity contribution < 1.29 is 4.74 Å². The first kappa shape index (κ1) is 8.92. The molecule has 1 aromatic rings. The SMILES string of the molecule is Clc1ccc(OC2=CCC2)cc1Cl. The van der Waals surface area contributed by atoms with Crippen molar-refractivity contribution in [3.05, 3.63) is 40.1 Å². The number of hydrogen-bond donors (Lipinski definition) is 0.